The third-order valence-electron chi connectivity index (χ3n) is 4.94. The number of amidine groups is 1. The van der Waals surface area contributed by atoms with Gasteiger partial charge in [-0.05, 0) is 44.4 Å². The van der Waals surface area contributed by atoms with Crippen LogP contribution in [0.5, 0.6) is 0 Å². The molecule has 4 nitrogen and oxygen atoms in total. The van der Waals surface area contributed by atoms with Crippen LogP contribution < -0.4 is 5.32 Å². The summed E-state index contributed by atoms with van der Waals surface area (Å²) in [5.41, 5.74) is -0.0730. The molecule has 0 radical (unpaired) electrons. The van der Waals surface area contributed by atoms with Gasteiger partial charge in [-0.25, -0.2) is 4.39 Å². The first-order valence-electron chi connectivity index (χ1n) is 7.91. The molecule has 1 aromatic carbocycles. The Morgan fingerprint density at radius 2 is 1.91 bits per heavy atom. The van der Waals surface area contributed by atoms with Gasteiger partial charge in [0.05, 0.1) is 11.6 Å². The fourth-order valence-corrected chi connectivity index (χ4v) is 4.55. The number of aliphatic imine (C=N–C) groups is 1. The molecule has 2 atom stereocenters. The lowest BCUT2D eigenvalue weighted by Crippen LogP contribution is -2.51. The zero-order chi connectivity index (χ0) is 16.7. The predicted octanol–water partition coefficient (Wildman–Crippen LogP) is 3.17. The summed E-state index contributed by atoms with van der Waals surface area (Å²) in [4.78, 5) is 16.5. The average molecular weight is 336 g/mol. The van der Waals surface area contributed by atoms with E-state index in [1.165, 1.54) is 23.9 Å². The second-order valence-electron chi connectivity index (χ2n) is 6.51. The Morgan fingerprint density at radius 1 is 1.30 bits per heavy atom. The summed E-state index contributed by atoms with van der Waals surface area (Å²) in [7, 11) is 0. The maximum Gasteiger partial charge on any atom is 0.267 e. The number of hydrogen-bond acceptors (Lipinski definition) is 4. The number of carbonyl (C=O) groups is 1. The van der Waals surface area contributed by atoms with Gasteiger partial charge < -0.3 is 10.4 Å². The van der Waals surface area contributed by atoms with Gasteiger partial charge in [-0.1, -0.05) is 36.7 Å². The Hall–Kier alpha value is -1.40. The Balaban J connectivity index is 1.72. The van der Waals surface area contributed by atoms with Crippen LogP contribution in [-0.4, -0.2) is 26.5 Å². The number of aliphatic hydroxyl groups is 1. The zero-order valence-electron chi connectivity index (χ0n) is 13.3. The van der Waals surface area contributed by atoms with Gasteiger partial charge in [-0.2, -0.15) is 4.99 Å². The molecule has 6 heteroatoms. The minimum absolute atomic E-state index is 0.102. The Bertz CT molecular complexity index is 640. The molecule has 0 bridgehead atoms. The molecule has 2 aliphatic rings. The fourth-order valence-electron chi connectivity index (χ4n) is 3.27. The minimum atomic E-state index is -0.985. The highest BCUT2D eigenvalue weighted by Crippen LogP contribution is 2.49. The first-order valence-corrected chi connectivity index (χ1v) is 8.72. The SMILES string of the molecule is C[C@H](NC1=NC(=O)C(C)(C2(O)CCCC2)S1)c1ccc(F)cc1. The second-order valence-corrected chi connectivity index (χ2v) is 7.92. The molecule has 0 aromatic heterocycles. The molecule has 1 heterocycles. The number of nitrogens with one attached hydrogen (secondary N) is 1. The highest BCUT2D eigenvalue weighted by molar-refractivity contribution is 8.16. The summed E-state index contributed by atoms with van der Waals surface area (Å²) in [5, 5.41) is 14.6. The summed E-state index contributed by atoms with van der Waals surface area (Å²) in [6, 6.07) is 6.13. The first-order chi connectivity index (χ1) is 10.8. The molecule has 1 amide bonds. The molecular weight excluding hydrogens is 315 g/mol. The van der Waals surface area contributed by atoms with Crippen LogP contribution >= 0.6 is 11.8 Å². The molecule has 0 saturated heterocycles. The van der Waals surface area contributed by atoms with Crippen LogP contribution in [0.3, 0.4) is 0 Å². The van der Waals surface area contributed by atoms with E-state index in [1.807, 2.05) is 6.92 Å². The van der Waals surface area contributed by atoms with Crippen molar-refractivity contribution in [1.82, 2.24) is 5.32 Å². The van der Waals surface area contributed by atoms with E-state index in [2.05, 4.69) is 10.3 Å². The topological polar surface area (TPSA) is 61.7 Å². The maximum absolute atomic E-state index is 13.0. The van der Waals surface area contributed by atoms with Crippen molar-refractivity contribution in [3.8, 4) is 0 Å². The Kier molecular flexibility index (Phi) is 4.23. The van der Waals surface area contributed by atoms with Gasteiger partial charge in [0.1, 0.15) is 10.6 Å². The molecule has 3 rings (SSSR count). The van der Waals surface area contributed by atoms with Crippen molar-refractivity contribution in [3.63, 3.8) is 0 Å². The standard InChI is InChI=1S/C17H21FN2O2S/c1-11(12-5-7-13(18)8-6-12)19-15-20-14(21)16(2,23-15)17(22)9-3-4-10-17/h5-8,11,22H,3-4,9-10H2,1-2H3,(H,19,20,21)/t11-,16?/m0/s1. The fraction of sp³-hybridized carbons (Fsp3) is 0.529. The zero-order valence-corrected chi connectivity index (χ0v) is 14.1. The van der Waals surface area contributed by atoms with E-state index >= 15 is 0 Å². The molecule has 1 fully saturated rings. The second kappa shape index (κ2) is 5.91. The van der Waals surface area contributed by atoms with Gasteiger partial charge in [0.25, 0.3) is 5.91 Å². The Morgan fingerprint density at radius 3 is 2.52 bits per heavy atom. The van der Waals surface area contributed by atoms with E-state index in [0.717, 1.165) is 18.4 Å². The molecule has 1 unspecified atom stereocenters. The van der Waals surface area contributed by atoms with E-state index in [-0.39, 0.29) is 17.8 Å². The van der Waals surface area contributed by atoms with Gasteiger partial charge in [0.2, 0.25) is 0 Å². The van der Waals surface area contributed by atoms with Crippen LogP contribution in [0, 0.1) is 5.82 Å². The molecule has 23 heavy (non-hydrogen) atoms. The van der Waals surface area contributed by atoms with Crippen LogP contribution in [0.25, 0.3) is 0 Å². The predicted molar refractivity (Wildman–Crippen MR) is 89.8 cm³/mol. The summed E-state index contributed by atoms with van der Waals surface area (Å²) >= 11 is 1.31. The number of halogens is 1. The highest BCUT2D eigenvalue weighted by atomic mass is 32.2. The number of nitrogens with zero attached hydrogens (tertiary/aromatic N) is 1. The third-order valence-corrected chi connectivity index (χ3v) is 6.31. The lowest BCUT2D eigenvalue weighted by Gasteiger charge is -2.36. The lowest BCUT2D eigenvalue weighted by atomic mass is 9.86. The summed E-state index contributed by atoms with van der Waals surface area (Å²) < 4.78 is 12.1. The molecule has 2 N–H and O–H groups in total. The summed E-state index contributed by atoms with van der Waals surface area (Å²) in [5.74, 6) is -0.555. The normalized spacial score (nSPS) is 27.8. The molecule has 124 valence electrons. The lowest BCUT2D eigenvalue weighted by molar-refractivity contribution is -0.126. The van der Waals surface area contributed by atoms with Crippen molar-refractivity contribution < 1.29 is 14.3 Å². The van der Waals surface area contributed by atoms with E-state index < -0.39 is 10.3 Å². The number of thioether (sulfide) groups is 1. The van der Waals surface area contributed by atoms with E-state index in [4.69, 9.17) is 0 Å². The van der Waals surface area contributed by atoms with E-state index in [0.29, 0.717) is 18.0 Å². The number of amides is 1. The van der Waals surface area contributed by atoms with Gasteiger partial charge in [-0.3, -0.25) is 4.79 Å². The molecule has 0 spiro atoms. The molecule has 1 aliphatic heterocycles. The first kappa shape index (κ1) is 16.5. The average Bonchev–Trinajstić information content (AvgIpc) is 3.06. The van der Waals surface area contributed by atoms with Crippen LogP contribution in [0.4, 0.5) is 4.39 Å². The summed E-state index contributed by atoms with van der Waals surface area (Å²) in [6.07, 6.45) is 3.15. The van der Waals surface area contributed by atoms with Gasteiger partial charge in [0, 0.05) is 0 Å². The van der Waals surface area contributed by atoms with Gasteiger partial charge in [0.15, 0.2) is 5.17 Å². The van der Waals surface area contributed by atoms with Crippen molar-refractivity contribution in [3.05, 3.63) is 35.6 Å². The molecule has 1 aliphatic carbocycles. The Labute approximate surface area is 139 Å². The van der Waals surface area contributed by atoms with Crippen molar-refractivity contribution in [2.24, 2.45) is 4.99 Å². The number of benzene rings is 1. The van der Waals surface area contributed by atoms with E-state index in [1.54, 1.807) is 19.1 Å². The van der Waals surface area contributed by atoms with Gasteiger partial charge in [-0.15, -0.1) is 0 Å². The molecular formula is C17H21FN2O2S. The van der Waals surface area contributed by atoms with Crippen LogP contribution in [0.15, 0.2) is 29.3 Å². The van der Waals surface area contributed by atoms with E-state index in [9.17, 15) is 14.3 Å². The monoisotopic (exact) mass is 336 g/mol. The van der Waals surface area contributed by atoms with Crippen molar-refractivity contribution >= 4 is 22.8 Å². The van der Waals surface area contributed by atoms with Crippen LogP contribution in [-0.2, 0) is 4.79 Å². The summed E-state index contributed by atoms with van der Waals surface area (Å²) in [6.45, 7) is 3.72. The third kappa shape index (κ3) is 2.90. The highest BCUT2D eigenvalue weighted by Gasteiger charge is 2.57. The molecule has 1 aromatic rings. The number of hydrogen-bond donors (Lipinski definition) is 2. The number of carbonyl (C=O) groups excluding carboxylic acids is 1. The van der Waals surface area contributed by atoms with Crippen LogP contribution in [0.2, 0.25) is 0 Å². The van der Waals surface area contributed by atoms with Gasteiger partial charge >= 0.3 is 0 Å². The smallest absolute Gasteiger partial charge is 0.267 e. The maximum atomic E-state index is 13.0. The minimum Gasteiger partial charge on any atom is -0.388 e. The van der Waals surface area contributed by atoms with Crippen molar-refractivity contribution in [2.75, 3.05) is 0 Å². The quantitative estimate of drug-likeness (QED) is 0.890. The molecule has 1 saturated carbocycles. The van der Waals surface area contributed by atoms with Crippen molar-refractivity contribution in [1.29, 1.82) is 0 Å². The van der Waals surface area contributed by atoms with Crippen molar-refractivity contribution in [2.45, 2.75) is 55.9 Å². The number of rotatable bonds is 3. The largest absolute Gasteiger partial charge is 0.388 e. The van der Waals surface area contributed by atoms with Crippen LogP contribution in [0.1, 0.15) is 51.1 Å².